The Balaban J connectivity index is 2.06. The molecule has 0 saturated carbocycles. The van der Waals surface area contributed by atoms with Crippen molar-refractivity contribution in [3.63, 3.8) is 0 Å². The summed E-state index contributed by atoms with van der Waals surface area (Å²) in [5.41, 5.74) is 0.685. The Labute approximate surface area is 142 Å². The maximum atomic E-state index is 12.3. The summed E-state index contributed by atoms with van der Waals surface area (Å²) in [4.78, 5) is 25.2. The fraction of sp³-hybridized carbons (Fsp3) is 0.500. The van der Waals surface area contributed by atoms with Gasteiger partial charge < -0.3 is 10.2 Å². The van der Waals surface area contributed by atoms with Crippen LogP contribution in [0.1, 0.15) is 33.1 Å². The Morgan fingerprint density at radius 1 is 1.29 bits per heavy atom. The minimum absolute atomic E-state index is 0.0462. The number of hydrogen-bond donors (Lipinski definition) is 2. The molecular weight excluding hydrogens is 330 g/mol. The van der Waals surface area contributed by atoms with E-state index in [9.17, 15) is 18.0 Å². The molecule has 2 N–H and O–H groups in total. The number of anilines is 1. The molecule has 1 aromatic rings. The zero-order valence-electron chi connectivity index (χ0n) is 13.9. The minimum Gasteiger partial charge on any atom is -0.355 e. The molecule has 7 nitrogen and oxygen atoms in total. The summed E-state index contributed by atoms with van der Waals surface area (Å²) in [6.45, 7) is 4.57. The van der Waals surface area contributed by atoms with Crippen LogP contribution >= 0.6 is 0 Å². The molecule has 1 fully saturated rings. The molecule has 8 heteroatoms. The first-order chi connectivity index (χ1) is 11.3. The van der Waals surface area contributed by atoms with Crippen LogP contribution < -0.4 is 14.9 Å². The predicted octanol–water partition coefficient (Wildman–Crippen LogP) is 1.01. The number of nitrogens with zero attached hydrogens (tertiary/aromatic N) is 1. The van der Waals surface area contributed by atoms with E-state index in [1.165, 1.54) is 19.1 Å². The molecular formula is C16H23N3O4S. The van der Waals surface area contributed by atoms with Gasteiger partial charge in [-0.25, -0.2) is 8.42 Å². The fourth-order valence-corrected chi connectivity index (χ4v) is 3.68. The first-order valence-electron chi connectivity index (χ1n) is 8.05. The second kappa shape index (κ2) is 7.76. The number of hydrogen-bond acceptors (Lipinski definition) is 4. The summed E-state index contributed by atoms with van der Waals surface area (Å²) < 4.78 is 27.1. The van der Waals surface area contributed by atoms with Crippen molar-refractivity contribution >= 4 is 27.5 Å². The predicted molar refractivity (Wildman–Crippen MR) is 91.1 cm³/mol. The van der Waals surface area contributed by atoms with Gasteiger partial charge in [0.25, 0.3) is 0 Å². The topological polar surface area (TPSA) is 95.6 Å². The molecule has 132 valence electrons. The van der Waals surface area contributed by atoms with Crippen LogP contribution in [-0.4, -0.2) is 39.4 Å². The van der Waals surface area contributed by atoms with Crippen molar-refractivity contribution in [2.45, 2.75) is 44.0 Å². The Morgan fingerprint density at radius 3 is 2.50 bits per heavy atom. The van der Waals surface area contributed by atoms with E-state index >= 15 is 0 Å². The van der Waals surface area contributed by atoms with E-state index in [1.54, 1.807) is 17.0 Å². The van der Waals surface area contributed by atoms with Crippen LogP contribution in [0.5, 0.6) is 0 Å². The van der Waals surface area contributed by atoms with Gasteiger partial charge in [-0.3, -0.25) is 9.59 Å². The second-order valence-corrected chi connectivity index (χ2v) is 7.49. The summed E-state index contributed by atoms with van der Waals surface area (Å²) in [7, 11) is -3.80. The normalized spacial score (nSPS) is 16.2. The lowest BCUT2D eigenvalue weighted by Gasteiger charge is -2.17. The van der Waals surface area contributed by atoms with Crippen LogP contribution in [-0.2, 0) is 19.6 Å². The molecule has 1 aromatic carbocycles. The Bertz CT molecular complexity index is 701. The van der Waals surface area contributed by atoms with E-state index in [2.05, 4.69) is 10.0 Å². The van der Waals surface area contributed by atoms with E-state index in [-0.39, 0.29) is 16.7 Å². The van der Waals surface area contributed by atoms with Crippen molar-refractivity contribution in [1.82, 2.24) is 10.0 Å². The van der Waals surface area contributed by atoms with Crippen molar-refractivity contribution in [2.24, 2.45) is 0 Å². The summed E-state index contributed by atoms with van der Waals surface area (Å²) in [6, 6.07) is 5.25. The van der Waals surface area contributed by atoms with Gasteiger partial charge in [0.15, 0.2) is 0 Å². The highest BCUT2D eigenvalue weighted by Gasteiger charge is 2.24. The van der Waals surface area contributed by atoms with E-state index in [4.69, 9.17) is 0 Å². The minimum atomic E-state index is -3.80. The SMILES string of the molecule is CCCNC(=O)C(C)NS(=O)(=O)c1ccc(N2CCCC2=O)cc1. The van der Waals surface area contributed by atoms with Gasteiger partial charge in [-0.05, 0) is 44.0 Å². The maximum absolute atomic E-state index is 12.3. The van der Waals surface area contributed by atoms with Crippen molar-refractivity contribution in [3.8, 4) is 0 Å². The molecule has 0 aliphatic carbocycles. The molecule has 0 aromatic heterocycles. The maximum Gasteiger partial charge on any atom is 0.241 e. The number of nitrogens with one attached hydrogen (secondary N) is 2. The molecule has 1 aliphatic rings. The molecule has 0 bridgehead atoms. The van der Waals surface area contributed by atoms with E-state index < -0.39 is 16.1 Å². The molecule has 1 saturated heterocycles. The summed E-state index contributed by atoms with van der Waals surface area (Å²) in [6.07, 6.45) is 2.11. The van der Waals surface area contributed by atoms with Gasteiger partial charge in [-0.2, -0.15) is 4.72 Å². The fourth-order valence-electron chi connectivity index (χ4n) is 2.48. The molecule has 1 aliphatic heterocycles. The van der Waals surface area contributed by atoms with Crippen LogP contribution in [0, 0.1) is 0 Å². The summed E-state index contributed by atoms with van der Waals surface area (Å²) in [5, 5.41) is 2.65. The van der Waals surface area contributed by atoms with Crippen molar-refractivity contribution in [1.29, 1.82) is 0 Å². The third kappa shape index (κ3) is 4.33. The largest absolute Gasteiger partial charge is 0.355 e. The van der Waals surface area contributed by atoms with Crippen LogP contribution in [0.4, 0.5) is 5.69 Å². The zero-order chi connectivity index (χ0) is 17.7. The van der Waals surface area contributed by atoms with E-state index in [0.717, 1.165) is 12.8 Å². The smallest absolute Gasteiger partial charge is 0.241 e. The van der Waals surface area contributed by atoms with E-state index in [1.807, 2.05) is 6.92 Å². The summed E-state index contributed by atoms with van der Waals surface area (Å²) >= 11 is 0. The molecule has 0 radical (unpaired) electrons. The number of carbonyl (C=O) groups excluding carboxylic acids is 2. The molecule has 1 unspecified atom stereocenters. The van der Waals surface area contributed by atoms with Crippen molar-refractivity contribution < 1.29 is 18.0 Å². The van der Waals surface area contributed by atoms with E-state index in [0.29, 0.717) is 25.2 Å². The van der Waals surface area contributed by atoms with Crippen molar-refractivity contribution in [3.05, 3.63) is 24.3 Å². The molecule has 24 heavy (non-hydrogen) atoms. The zero-order valence-corrected chi connectivity index (χ0v) is 14.7. The second-order valence-electron chi connectivity index (χ2n) is 5.78. The third-order valence-corrected chi connectivity index (χ3v) is 5.36. The number of amides is 2. The highest BCUT2D eigenvalue weighted by molar-refractivity contribution is 7.89. The van der Waals surface area contributed by atoms with Crippen LogP contribution in [0.25, 0.3) is 0 Å². The Kier molecular flexibility index (Phi) is 5.95. The van der Waals surface area contributed by atoms with Gasteiger partial charge in [-0.1, -0.05) is 6.92 Å². The average molecular weight is 353 g/mol. The van der Waals surface area contributed by atoms with Gasteiger partial charge in [0.05, 0.1) is 10.9 Å². The highest BCUT2D eigenvalue weighted by Crippen LogP contribution is 2.23. The Hall–Kier alpha value is -1.93. The number of rotatable bonds is 7. The van der Waals surface area contributed by atoms with Gasteiger partial charge in [0.1, 0.15) is 0 Å². The van der Waals surface area contributed by atoms with Crippen LogP contribution in [0.2, 0.25) is 0 Å². The average Bonchev–Trinajstić information content (AvgIpc) is 2.98. The first kappa shape index (κ1) is 18.4. The number of carbonyl (C=O) groups is 2. The lowest BCUT2D eigenvalue weighted by molar-refractivity contribution is -0.122. The van der Waals surface area contributed by atoms with Gasteiger partial charge in [0, 0.05) is 25.2 Å². The Morgan fingerprint density at radius 2 is 1.96 bits per heavy atom. The van der Waals surface area contributed by atoms with Crippen molar-refractivity contribution in [2.75, 3.05) is 18.0 Å². The first-order valence-corrected chi connectivity index (χ1v) is 9.54. The molecule has 2 rings (SSSR count). The number of benzene rings is 1. The lowest BCUT2D eigenvalue weighted by Crippen LogP contribution is -2.44. The number of sulfonamides is 1. The van der Waals surface area contributed by atoms with Crippen LogP contribution in [0.3, 0.4) is 0 Å². The highest BCUT2D eigenvalue weighted by atomic mass is 32.2. The quantitative estimate of drug-likeness (QED) is 0.765. The lowest BCUT2D eigenvalue weighted by atomic mass is 10.3. The van der Waals surface area contributed by atoms with Gasteiger partial charge >= 0.3 is 0 Å². The molecule has 2 amide bonds. The molecule has 1 atom stereocenters. The standard InChI is InChI=1S/C16H23N3O4S/c1-3-10-17-16(21)12(2)18-24(22,23)14-8-6-13(7-9-14)19-11-4-5-15(19)20/h6-9,12,18H,3-5,10-11H2,1-2H3,(H,17,21). The third-order valence-electron chi connectivity index (χ3n) is 3.81. The monoisotopic (exact) mass is 353 g/mol. The molecule has 0 spiro atoms. The summed E-state index contributed by atoms with van der Waals surface area (Å²) in [5.74, 6) is -0.315. The van der Waals surface area contributed by atoms with Gasteiger partial charge in [0.2, 0.25) is 21.8 Å². The van der Waals surface area contributed by atoms with Crippen LogP contribution in [0.15, 0.2) is 29.2 Å². The molecule has 1 heterocycles. The van der Waals surface area contributed by atoms with Gasteiger partial charge in [-0.15, -0.1) is 0 Å².